The number of hydrogen-bond acceptors (Lipinski definition) is 4. The van der Waals surface area contributed by atoms with Crippen molar-refractivity contribution in [1.82, 2.24) is 9.80 Å². The van der Waals surface area contributed by atoms with E-state index in [0.29, 0.717) is 18.1 Å². The van der Waals surface area contributed by atoms with E-state index in [9.17, 15) is 4.79 Å². The minimum absolute atomic E-state index is 0.187. The molecule has 4 rings (SSSR count). The number of likely N-dealkylation sites (tertiary alicyclic amines) is 1. The van der Waals surface area contributed by atoms with E-state index in [0.717, 1.165) is 64.6 Å². The number of amides is 1. The van der Waals surface area contributed by atoms with Gasteiger partial charge in [-0.3, -0.25) is 9.69 Å². The lowest BCUT2D eigenvalue weighted by atomic mass is 9.94. The van der Waals surface area contributed by atoms with Crippen molar-refractivity contribution in [3.8, 4) is 0 Å². The highest BCUT2D eigenvalue weighted by Crippen LogP contribution is 2.33. The van der Waals surface area contributed by atoms with Gasteiger partial charge in [0.25, 0.3) is 0 Å². The van der Waals surface area contributed by atoms with Gasteiger partial charge in [0.15, 0.2) is 0 Å². The maximum atomic E-state index is 12.8. The predicted molar refractivity (Wildman–Crippen MR) is 82.6 cm³/mol. The van der Waals surface area contributed by atoms with E-state index in [1.807, 2.05) is 0 Å². The van der Waals surface area contributed by atoms with Crippen molar-refractivity contribution >= 4 is 5.91 Å². The van der Waals surface area contributed by atoms with Crippen molar-refractivity contribution in [2.75, 3.05) is 46.0 Å². The van der Waals surface area contributed by atoms with Crippen LogP contribution in [0.3, 0.4) is 0 Å². The molecule has 5 heteroatoms. The van der Waals surface area contributed by atoms with Gasteiger partial charge in [0, 0.05) is 45.3 Å². The zero-order chi connectivity index (χ0) is 14.9. The third kappa shape index (κ3) is 3.17. The fourth-order valence-corrected chi connectivity index (χ4v) is 4.20. The molecule has 4 aliphatic rings. The van der Waals surface area contributed by atoms with Crippen LogP contribution >= 0.6 is 0 Å². The third-order valence-electron chi connectivity index (χ3n) is 5.77. The van der Waals surface area contributed by atoms with Crippen LogP contribution in [0.1, 0.15) is 32.1 Å². The van der Waals surface area contributed by atoms with Crippen LogP contribution < -0.4 is 0 Å². The Hall–Kier alpha value is -0.650. The number of rotatable bonds is 3. The Morgan fingerprint density at radius 3 is 2.59 bits per heavy atom. The number of carbonyl (C=O) groups is 1. The van der Waals surface area contributed by atoms with Crippen LogP contribution in [0.15, 0.2) is 0 Å². The van der Waals surface area contributed by atoms with E-state index in [1.165, 1.54) is 19.4 Å². The van der Waals surface area contributed by atoms with Crippen molar-refractivity contribution in [2.24, 2.45) is 11.8 Å². The van der Waals surface area contributed by atoms with Gasteiger partial charge in [-0.05, 0) is 38.0 Å². The van der Waals surface area contributed by atoms with Gasteiger partial charge in [0.05, 0.1) is 18.8 Å². The predicted octanol–water partition coefficient (Wildman–Crippen LogP) is 1.12. The number of hydrogen-bond donors (Lipinski definition) is 0. The van der Waals surface area contributed by atoms with Crippen molar-refractivity contribution in [1.29, 1.82) is 0 Å². The first kappa shape index (κ1) is 14.9. The Labute approximate surface area is 132 Å². The van der Waals surface area contributed by atoms with Crippen LogP contribution in [0.25, 0.3) is 0 Å². The highest BCUT2D eigenvalue weighted by molar-refractivity contribution is 5.79. The van der Waals surface area contributed by atoms with E-state index in [2.05, 4.69) is 9.80 Å². The maximum Gasteiger partial charge on any atom is 0.225 e. The van der Waals surface area contributed by atoms with Gasteiger partial charge in [0.2, 0.25) is 5.91 Å². The van der Waals surface area contributed by atoms with Gasteiger partial charge in [-0.2, -0.15) is 0 Å². The SMILES string of the molecule is O=C(C1CCOCC1)N1CC[C@@H]2OCCN(CC3CC3)[C@H]2C1. The summed E-state index contributed by atoms with van der Waals surface area (Å²) in [5, 5.41) is 0. The van der Waals surface area contributed by atoms with Crippen molar-refractivity contribution in [3.05, 3.63) is 0 Å². The van der Waals surface area contributed by atoms with E-state index < -0.39 is 0 Å². The average molecular weight is 308 g/mol. The second-order valence-corrected chi connectivity index (χ2v) is 7.37. The molecular formula is C17H28N2O3. The second-order valence-electron chi connectivity index (χ2n) is 7.37. The van der Waals surface area contributed by atoms with Gasteiger partial charge < -0.3 is 14.4 Å². The molecule has 0 spiro atoms. The standard InChI is InChI=1S/C17H28N2O3/c20-17(14-4-8-21-9-5-14)19-6-3-16-15(12-19)18(7-10-22-16)11-13-1-2-13/h13-16H,1-12H2/t15-,16-/m0/s1. The largest absolute Gasteiger partial charge is 0.381 e. The van der Waals surface area contributed by atoms with Crippen LogP contribution in [0, 0.1) is 11.8 Å². The summed E-state index contributed by atoms with van der Waals surface area (Å²) < 4.78 is 11.4. The first-order valence-corrected chi connectivity index (χ1v) is 9.03. The summed E-state index contributed by atoms with van der Waals surface area (Å²) in [6, 6.07) is 0.423. The van der Waals surface area contributed by atoms with Crippen LogP contribution in [-0.4, -0.2) is 73.9 Å². The molecule has 3 aliphatic heterocycles. The molecule has 0 radical (unpaired) electrons. The molecule has 1 aliphatic carbocycles. The van der Waals surface area contributed by atoms with Crippen LogP contribution in [0.5, 0.6) is 0 Å². The number of morpholine rings is 1. The molecule has 0 aromatic rings. The fourth-order valence-electron chi connectivity index (χ4n) is 4.20. The zero-order valence-electron chi connectivity index (χ0n) is 13.4. The molecule has 3 heterocycles. The first-order valence-electron chi connectivity index (χ1n) is 9.03. The van der Waals surface area contributed by atoms with Gasteiger partial charge in [-0.1, -0.05) is 0 Å². The molecule has 0 aromatic heterocycles. The molecule has 5 nitrogen and oxygen atoms in total. The molecule has 0 aromatic carbocycles. The topological polar surface area (TPSA) is 42.0 Å². The fraction of sp³-hybridized carbons (Fsp3) is 0.941. The molecule has 1 saturated carbocycles. The van der Waals surface area contributed by atoms with Gasteiger partial charge in [0.1, 0.15) is 0 Å². The average Bonchev–Trinajstić information content (AvgIpc) is 3.39. The third-order valence-corrected chi connectivity index (χ3v) is 5.77. The van der Waals surface area contributed by atoms with Crippen molar-refractivity contribution in [3.63, 3.8) is 0 Å². The Morgan fingerprint density at radius 2 is 1.82 bits per heavy atom. The molecule has 1 amide bonds. The van der Waals surface area contributed by atoms with E-state index in [-0.39, 0.29) is 5.92 Å². The Morgan fingerprint density at radius 1 is 1.00 bits per heavy atom. The van der Waals surface area contributed by atoms with Crippen molar-refractivity contribution < 1.29 is 14.3 Å². The zero-order valence-corrected chi connectivity index (χ0v) is 13.4. The first-order chi connectivity index (χ1) is 10.8. The lowest BCUT2D eigenvalue weighted by molar-refractivity contribution is -0.149. The molecule has 22 heavy (non-hydrogen) atoms. The minimum atomic E-state index is 0.187. The molecule has 0 unspecified atom stereocenters. The molecule has 4 fully saturated rings. The Bertz CT molecular complexity index is 407. The van der Waals surface area contributed by atoms with E-state index in [1.54, 1.807) is 0 Å². The maximum absolute atomic E-state index is 12.8. The number of carbonyl (C=O) groups excluding carboxylic acids is 1. The van der Waals surface area contributed by atoms with Gasteiger partial charge in [-0.15, -0.1) is 0 Å². The summed E-state index contributed by atoms with van der Waals surface area (Å²) >= 11 is 0. The summed E-state index contributed by atoms with van der Waals surface area (Å²) in [7, 11) is 0. The monoisotopic (exact) mass is 308 g/mol. The second kappa shape index (κ2) is 6.46. The molecule has 2 atom stereocenters. The molecule has 3 saturated heterocycles. The van der Waals surface area contributed by atoms with E-state index in [4.69, 9.17) is 9.47 Å². The minimum Gasteiger partial charge on any atom is -0.381 e. The summed E-state index contributed by atoms with van der Waals surface area (Å²) in [5.74, 6) is 1.45. The normalized spacial score (nSPS) is 34.5. The number of fused-ring (bicyclic) bond motifs is 1. The van der Waals surface area contributed by atoms with Crippen LogP contribution in [-0.2, 0) is 14.3 Å². The smallest absolute Gasteiger partial charge is 0.225 e. The summed E-state index contributed by atoms with van der Waals surface area (Å²) in [5.41, 5.74) is 0. The summed E-state index contributed by atoms with van der Waals surface area (Å²) in [4.78, 5) is 17.5. The van der Waals surface area contributed by atoms with Gasteiger partial charge in [-0.25, -0.2) is 0 Å². The number of ether oxygens (including phenoxy) is 2. The quantitative estimate of drug-likeness (QED) is 0.784. The molecule has 0 bridgehead atoms. The number of piperidine rings is 1. The lowest BCUT2D eigenvalue weighted by Gasteiger charge is -2.47. The van der Waals surface area contributed by atoms with Gasteiger partial charge >= 0.3 is 0 Å². The Balaban J connectivity index is 1.39. The lowest BCUT2D eigenvalue weighted by Crippen LogP contribution is -2.61. The summed E-state index contributed by atoms with van der Waals surface area (Å²) in [6.45, 7) is 6.34. The van der Waals surface area contributed by atoms with Crippen LogP contribution in [0.2, 0.25) is 0 Å². The molecular weight excluding hydrogens is 280 g/mol. The van der Waals surface area contributed by atoms with Crippen LogP contribution in [0.4, 0.5) is 0 Å². The molecule has 124 valence electrons. The Kier molecular flexibility index (Phi) is 4.38. The molecule has 0 N–H and O–H groups in total. The van der Waals surface area contributed by atoms with E-state index >= 15 is 0 Å². The highest BCUT2D eigenvalue weighted by atomic mass is 16.5. The van der Waals surface area contributed by atoms with Crippen molar-refractivity contribution in [2.45, 2.75) is 44.2 Å². The number of nitrogens with zero attached hydrogens (tertiary/aromatic N) is 2. The highest BCUT2D eigenvalue weighted by Gasteiger charge is 2.41. The summed E-state index contributed by atoms with van der Waals surface area (Å²) in [6.07, 6.45) is 5.91.